The lowest BCUT2D eigenvalue weighted by molar-refractivity contribution is -0.385. The number of nitro groups is 1. The smallest absolute Gasteiger partial charge is 0.273 e. The third-order valence-electron chi connectivity index (χ3n) is 2.82. The average molecular weight is 337 g/mol. The molecular formula is C14H13BrN2O3. The summed E-state index contributed by atoms with van der Waals surface area (Å²) in [4.78, 5) is 10.4. The Morgan fingerprint density at radius 1 is 1.25 bits per heavy atom. The van der Waals surface area contributed by atoms with Crippen LogP contribution in [0, 0.1) is 17.0 Å². The van der Waals surface area contributed by atoms with Crippen LogP contribution in [0.15, 0.2) is 40.9 Å². The Balaban J connectivity index is 2.29. The summed E-state index contributed by atoms with van der Waals surface area (Å²) in [6.45, 7) is 1.68. The van der Waals surface area contributed by atoms with E-state index in [1.165, 1.54) is 6.07 Å². The van der Waals surface area contributed by atoms with Gasteiger partial charge in [0.1, 0.15) is 11.5 Å². The maximum atomic E-state index is 10.9. The molecule has 5 nitrogen and oxygen atoms in total. The Hall–Kier alpha value is -2.08. The minimum Gasteiger partial charge on any atom is -0.456 e. The lowest BCUT2D eigenvalue weighted by Crippen LogP contribution is -1.94. The Kier molecular flexibility index (Phi) is 4.24. The Labute approximate surface area is 124 Å². The highest BCUT2D eigenvalue weighted by Crippen LogP contribution is 2.35. The molecule has 0 heterocycles. The van der Waals surface area contributed by atoms with Gasteiger partial charge in [-0.05, 0) is 53.2 Å². The van der Waals surface area contributed by atoms with Crippen LogP contribution in [-0.4, -0.2) is 12.0 Å². The maximum absolute atomic E-state index is 10.9. The molecule has 0 unspecified atom stereocenters. The van der Waals surface area contributed by atoms with Gasteiger partial charge in [0.15, 0.2) is 0 Å². The molecule has 104 valence electrons. The summed E-state index contributed by atoms with van der Waals surface area (Å²) in [7, 11) is 1.84. The van der Waals surface area contributed by atoms with Gasteiger partial charge in [-0.15, -0.1) is 0 Å². The molecule has 0 aliphatic heterocycles. The summed E-state index contributed by atoms with van der Waals surface area (Å²) in [5.74, 6) is 1.21. The van der Waals surface area contributed by atoms with Crippen LogP contribution in [0.25, 0.3) is 0 Å². The molecule has 0 amide bonds. The summed E-state index contributed by atoms with van der Waals surface area (Å²) in [5, 5.41) is 13.9. The topological polar surface area (TPSA) is 64.4 Å². The van der Waals surface area contributed by atoms with Crippen LogP contribution in [-0.2, 0) is 0 Å². The number of anilines is 1. The van der Waals surface area contributed by atoms with Gasteiger partial charge in [-0.25, -0.2) is 0 Å². The van der Waals surface area contributed by atoms with Crippen molar-refractivity contribution in [3.05, 3.63) is 56.5 Å². The standard InChI is InChI=1S/C14H13BrN2O3/c1-9-7-14(12(15)8-13(9)17(18)19)20-11-5-3-10(16-2)4-6-11/h3-8,16H,1-2H3. The molecule has 0 bridgehead atoms. The predicted molar refractivity (Wildman–Crippen MR) is 81.6 cm³/mol. The number of halogens is 1. The van der Waals surface area contributed by atoms with E-state index in [2.05, 4.69) is 21.2 Å². The number of benzene rings is 2. The van der Waals surface area contributed by atoms with Crippen molar-refractivity contribution in [2.24, 2.45) is 0 Å². The van der Waals surface area contributed by atoms with E-state index < -0.39 is 4.92 Å². The second kappa shape index (κ2) is 5.92. The zero-order valence-electron chi connectivity index (χ0n) is 11.0. The molecule has 0 atom stereocenters. The van der Waals surface area contributed by atoms with E-state index in [-0.39, 0.29) is 5.69 Å². The van der Waals surface area contributed by atoms with Crippen LogP contribution in [0.2, 0.25) is 0 Å². The molecule has 2 aromatic rings. The SMILES string of the molecule is CNc1ccc(Oc2cc(C)c([N+](=O)[O-])cc2Br)cc1. The Morgan fingerprint density at radius 2 is 1.90 bits per heavy atom. The maximum Gasteiger partial charge on any atom is 0.273 e. The first kappa shape index (κ1) is 14.3. The van der Waals surface area contributed by atoms with E-state index in [0.29, 0.717) is 21.5 Å². The molecule has 0 aromatic heterocycles. The summed E-state index contributed by atoms with van der Waals surface area (Å²) in [6, 6.07) is 10.5. The van der Waals surface area contributed by atoms with E-state index in [1.54, 1.807) is 13.0 Å². The highest BCUT2D eigenvalue weighted by Gasteiger charge is 2.15. The molecule has 0 radical (unpaired) electrons. The second-order valence-electron chi connectivity index (χ2n) is 4.20. The fraction of sp³-hybridized carbons (Fsp3) is 0.143. The number of aryl methyl sites for hydroxylation is 1. The van der Waals surface area contributed by atoms with E-state index >= 15 is 0 Å². The summed E-state index contributed by atoms with van der Waals surface area (Å²) >= 11 is 3.29. The molecule has 20 heavy (non-hydrogen) atoms. The number of nitro benzene ring substituents is 1. The normalized spacial score (nSPS) is 10.2. The van der Waals surface area contributed by atoms with E-state index in [4.69, 9.17) is 4.74 Å². The molecule has 0 aliphatic rings. The van der Waals surface area contributed by atoms with Crippen LogP contribution < -0.4 is 10.1 Å². The zero-order valence-corrected chi connectivity index (χ0v) is 12.6. The van der Waals surface area contributed by atoms with Crippen molar-refractivity contribution < 1.29 is 9.66 Å². The lowest BCUT2D eigenvalue weighted by Gasteiger charge is -2.09. The van der Waals surface area contributed by atoms with Crippen molar-refractivity contribution in [1.82, 2.24) is 0 Å². The van der Waals surface area contributed by atoms with Gasteiger partial charge in [-0.1, -0.05) is 0 Å². The molecule has 2 rings (SSSR count). The number of ether oxygens (including phenoxy) is 1. The van der Waals surface area contributed by atoms with Crippen molar-refractivity contribution >= 4 is 27.3 Å². The highest BCUT2D eigenvalue weighted by atomic mass is 79.9. The van der Waals surface area contributed by atoms with E-state index in [9.17, 15) is 10.1 Å². The molecule has 0 saturated heterocycles. The van der Waals surface area contributed by atoms with Gasteiger partial charge in [0.25, 0.3) is 5.69 Å². The fourth-order valence-corrected chi connectivity index (χ4v) is 2.15. The van der Waals surface area contributed by atoms with Crippen LogP contribution in [0.5, 0.6) is 11.5 Å². The fourth-order valence-electron chi connectivity index (χ4n) is 1.74. The van der Waals surface area contributed by atoms with Crippen molar-refractivity contribution in [2.45, 2.75) is 6.92 Å². The largest absolute Gasteiger partial charge is 0.456 e. The quantitative estimate of drug-likeness (QED) is 0.659. The van der Waals surface area contributed by atoms with Gasteiger partial charge in [0, 0.05) is 24.4 Å². The molecule has 0 fully saturated rings. The first-order valence-corrected chi connectivity index (χ1v) is 6.71. The van der Waals surface area contributed by atoms with Crippen molar-refractivity contribution in [3.8, 4) is 11.5 Å². The van der Waals surface area contributed by atoms with Crippen LogP contribution in [0.3, 0.4) is 0 Å². The summed E-state index contributed by atoms with van der Waals surface area (Å²) in [5.41, 5.74) is 1.60. The molecule has 0 saturated carbocycles. The van der Waals surface area contributed by atoms with Crippen LogP contribution in [0.1, 0.15) is 5.56 Å². The van der Waals surface area contributed by atoms with Crippen LogP contribution in [0.4, 0.5) is 11.4 Å². The first-order valence-electron chi connectivity index (χ1n) is 5.91. The van der Waals surface area contributed by atoms with Crippen molar-refractivity contribution in [2.75, 3.05) is 12.4 Å². The minimum atomic E-state index is -0.411. The molecule has 0 aliphatic carbocycles. The number of hydrogen-bond donors (Lipinski definition) is 1. The number of hydrogen-bond acceptors (Lipinski definition) is 4. The van der Waals surface area contributed by atoms with Gasteiger partial charge >= 0.3 is 0 Å². The highest BCUT2D eigenvalue weighted by molar-refractivity contribution is 9.10. The van der Waals surface area contributed by atoms with Crippen molar-refractivity contribution in [3.63, 3.8) is 0 Å². The van der Waals surface area contributed by atoms with Crippen LogP contribution >= 0.6 is 15.9 Å². The summed E-state index contributed by atoms with van der Waals surface area (Å²) < 4.78 is 6.28. The average Bonchev–Trinajstić information content (AvgIpc) is 2.43. The third-order valence-corrected chi connectivity index (χ3v) is 3.44. The van der Waals surface area contributed by atoms with Gasteiger partial charge in [-0.2, -0.15) is 0 Å². The first-order chi connectivity index (χ1) is 9.51. The van der Waals surface area contributed by atoms with Gasteiger partial charge in [0.05, 0.1) is 9.40 Å². The Bertz CT molecular complexity index is 642. The zero-order chi connectivity index (χ0) is 14.7. The Morgan fingerprint density at radius 3 is 2.45 bits per heavy atom. The number of rotatable bonds is 4. The molecule has 6 heteroatoms. The van der Waals surface area contributed by atoms with E-state index in [0.717, 1.165) is 5.69 Å². The van der Waals surface area contributed by atoms with Crippen molar-refractivity contribution in [1.29, 1.82) is 0 Å². The molecular weight excluding hydrogens is 324 g/mol. The second-order valence-corrected chi connectivity index (χ2v) is 5.06. The van der Waals surface area contributed by atoms with Gasteiger partial charge in [0.2, 0.25) is 0 Å². The molecule has 2 aromatic carbocycles. The van der Waals surface area contributed by atoms with E-state index in [1.807, 2.05) is 31.3 Å². The lowest BCUT2D eigenvalue weighted by atomic mass is 10.2. The van der Waals surface area contributed by atoms with Gasteiger partial charge < -0.3 is 10.1 Å². The minimum absolute atomic E-state index is 0.0646. The third kappa shape index (κ3) is 3.08. The molecule has 1 N–H and O–H groups in total. The monoisotopic (exact) mass is 336 g/mol. The number of nitrogens with one attached hydrogen (secondary N) is 1. The van der Waals surface area contributed by atoms with Gasteiger partial charge in [-0.3, -0.25) is 10.1 Å². The molecule has 0 spiro atoms. The summed E-state index contributed by atoms with van der Waals surface area (Å²) in [6.07, 6.45) is 0. The predicted octanol–water partition coefficient (Wildman–Crippen LogP) is 4.50. The number of nitrogens with zero attached hydrogens (tertiary/aromatic N) is 1.